The summed E-state index contributed by atoms with van der Waals surface area (Å²) >= 11 is 0. The second-order valence-electron chi connectivity index (χ2n) is 7.17. The topological polar surface area (TPSA) is 89.3 Å². The average Bonchev–Trinajstić information content (AvgIpc) is 3.13. The van der Waals surface area contributed by atoms with E-state index in [1.54, 1.807) is 23.3 Å². The normalized spacial score (nSPS) is 13.1. The van der Waals surface area contributed by atoms with Crippen molar-refractivity contribution in [2.24, 2.45) is 0 Å². The lowest BCUT2D eigenvalue weighted by Crippen LogP contribution is -2.39. The van der Waals surface area contributed by atoms with Crippen LogP contribution in [0, 0.1) is 12.1 Å². The summed E-state index contributed by atoms with van der Waals surface area (Å²) in [5, 5.41) is 22.6. The Kier molecular flexibility index (Phi) is 5.49. The highest BCUT2D eigenvalue weighted by Gasteiger charge is 2.24. The number of hydrogen-bond acceptors (Lipinski definition) is 6. The number of rotatable bonds is 6. The molecule has 0 bridgehead atoms. The zero-order valence-corrected chi connectivity index (χ0v) is 16.9. The molecule has 1 N–H and O–H groups in total. The van der Waals surface area contributed by atoms with E-state index >= 15 is 0 Å². The Labute approximate surface area is 175 Å². The third-order valence-electron chi connectivity index (χ3n) is 5.03. The van der Waals surface area contributed by atoms with E-state index in [9.17, 15) is 10.0 Å². The largest absolute Gasteiger partial charge is 0.737 e. The molecule has 3 heterocycles. The molecule has 8 nitrogen and oxygen atoms in total. The molecule has 2 aromatic heterocycles. The van der Waals surface area contributed by atoms with Gasteiger partial charge in [0.15, 0.2) is 5.82 Å². The van der Waals surface area contributed by atoms with Crippen LogP contribution in [-0.2, 0) is 11.3 Å². The van der Waals surface area contributed by atoms with E-state index in [0.29, 0.717) is 12.4 Å². The monoisotopic (exact) mass is 403 g/mol. The van der Waals surface area contributed by atoms with Gasteiger partial charge in [-0.15, -0.1) is 5.10 Å². The maximum atomic E-state index is 12.9. The number of anilines is 1. The van der Waals surface area contributed by atoms with Crippen LogP contribution in [0.5, 0.6) is 0 Å². The molecule has 0 aliphatic carbocycles. The van der Waals surface area contributed by atoms with E-state index in [4.69, 9.17) is 0 Å². The second kappa shape index (κ2) is 8.38. The molecule has 1 aliphatic rings. The number of hydrazine groups is 1. The Morgan fingerprint density at radius 2 is 1.93 bits per heavy atom. The first-order chi connectivity index (χ1) is 14.5. The molecule has 0 saturated heterocycles. The number of para-hydroxylation sites is 1. The Balaban J connectivity index is 1.44. The second-order valence-corrected chi connectivity index (χ2v) is 7.17. The van der Waals surface area contributed by atoms with Crippen molar-refractivity contribution in [3.05, 3.63) is 83.1 Å². The van der Waals surface area contributed by atoms with Crippen LogP contribution in [0.15, 0.2) is 61.1 Å². The van der Waals surface area contributed by atoms with Gasteiger partial charge >= 0.3 is 0 Å². The molecule has 154 valence electrons. The molecule has 0 saturated carbocycles. The highest BCUT2D eigenvalue weighted by molar-refractivity contribution is 5.79. The Morgan fingerprint density at radius 3 is 2.67 bits per heavy atom. The van der Waals surface area contributed by atoms with E-state index in [-0.39, 0.29) is 18.9 Å². The Morgan fingerprint density at radius 1 is 1.13 bits per heavy atom. The van der Waals surface area contributed by atoms with E-state index in [2.05, 4.69) is 15.4 Å². The molecule has 8 heteroatoms. The van der Waals surface area contributed by atoms with Crippen LogP contribution in [0.3, 0.4) is 0 Å². The number of aromatic nitrogens is 3. The number of pyridine rings is 1. The van der Waals surface area contributed by atoms with Crippen molar-refractivity contribution >= 4 is 17.3 Å². The quantitative estimate of drug-likeness (QED) is 0.680. The molecular formula is C22H23N6O2-. The van der Waals surface area contributed by atoms with Crippen LogP contribution in [0.4, 0.5) is 5.82 Å². The van der Waals surface area contributed by atoms with Crippen LogP contribution < -0.4 is 10.5 Å². The van der Waals surface area contributed by atoms with Crippen LogP contribution >= 0.6 is 0 Å². The number of allylic oxidation sites excluding steroid dienone is 1. The zero-order chi connectivity index (χ0) is 21.1. The van der Waals surface area contributed by atoms with Crippen LogP contribution in [-0.4, -0.2) is 32.2 Å². The predicted octanol–water partition coefficient (Wildman–Crippen LogP) is 3.18. The lowest BCUT2D eigenvalue weighted by molar-refractivity contribution is -0.121. The maximum Gasteiger partial charge on any atom is 0.222 e. The number of nitrogens with zero attached hydrogens (tertiary/aromatic N) is 5. The Bertz CT molecular complexity index is 1060. The summed E-state index contributed by atoms with van der Waals surface area (Å²) in [6, 6.07) is 13.4. The van der Waals surface area contributed by atoms with Gasteiger partial charge in [-0.2, -0.15) is 0 Å². The third kappa shape index (κ3) is 3.90. The van der Waals surface area contributed by atoms with Crippen LogP contribution in [0.25, 0.3) is 11.3 Å². The van der Waals surface area contributed by atoms with Gasteiger partial charge in [0.1, 0.15) is 0 Å². The van der Waals surface area contributed by atoms with E-state index in [1.165, 1.54) is 5.01 Å². The Hall–Kier alpha value is -3.65. The predicted molar refractivity (Wildman–Crippen MR) is 115 cm³/mol. The number of nitrogens with one attached hydrogen (secondary N) is 1. The molecule has 1 aliphatic heterocycles. The lowest BCUT2D eigenvalue weighted by Gasteiger charge is -2.42. The summed E-state index contributed by atoms with van der Waals surface area (Å²) in [7, 11) is 0. The van der Waals surface area contributed by atoms with Crippen molar-refractivity contribution in [2.75, 3.05) is 11.7 Å². The molecule has 30 heavy (non-hydrogen) atoms. The van der Waals surface area contributed by atoms with Crippen molar-refractivity contribution in [2.45, 2.75) is 26.8 Å². The molecule has 0 spiro atoms. The number of carbonyl (C=O) groups excluding carboxylic acids is 1. The van der Waals surface area contributed by atoms with Crippen LogP contribution in [0.1, 0.15) is 30.2 Å². The van der Waals surface area contributed by atoms with Gasteiger partial charge in [-0.3, -0.25) is 9.78 Å². The minimum absolute atomic E-state index is 0.130. The number of fused-ring (bicyclic) bond motifs is 1. The van der Waals surface area contributed by atoms with Gasteiger partial charge in [0, 0.05) is 43.7 Å². The molecule has 0 unspecified atom stereocenters. The maximum absolute atomic E-state index is 12.9. The van der Waals surface area contributed by atoms with Crippen molar-refractivity contribution in [3.8, 4) is 5.69 Å². The van der Waals surface area contributed by atoms with E-state index < -0.39 is 0 Å². The summed E-state index contributed by atoms with van der Waals surface area (Å²) < 4.78 is 1.77. The summed E-state index contributed by atoms with van der Waals surface area (Å²) in [5.41, 5.74) is 4.49. The van der Waals surface area contributed by atoms with Gasteiger partial charge < -0.3 is 20.7 Å². The number of hydrogen-bond donors (Lipinski definition) is 1. The fourth-order valence-corrected chi connectivity index (χ4v) is 3.53. The summed E-state index contributed by atoms with van der Waals surface area (Å²) in [4.78, 5) is 16.2. The number of benzene rings is 1. The van der Waals surface area contributed by atoms with Gasteiger partial charge in [-0.1, -0.05) is 24.3 Å². The van der Waals surface area contributed by atoms with Gasteiger partial charge in [-0.25, -0.2) is 4.68 Å². The van der Waals surface area contributed by atoms with Crippen molar-refractivity contribution in [1.82, 2.24) is 25.1 Å². The molecule has 0 radical (unpaired) electrons. The van der Waals surface area contributed by atoms with E-state index in [1.807, 2.05) is 56.3 Å². The summed E-state index contributed by atoms with van der Waals surface area (Å²) in [6.07, 6.45) is 5.36. The minimum atomic E-state index is -0.130. The molecule has 1 aromatic carbocycles. The fourth-order valence-electron chi connectivity index (χ4n) is 3.53. The van der Waals surface area contributed by atoms with Gasteiger partial charge in [-0.05, 0) is 43.2 Å². The standard InChI is InChI=1S/C22H23N6O2/c1-16-15-26(12-10-20(29)24-14-18-7-6-11-23-13-18)28(30)22-21(16)17(2)27(25-22)19-8-4-3-5-9-19/h3-9,11,13,15H,10,12,14H2,1-2H3,(H,24,29)/q-1. The summed E-state index contributed by atoms with van der Waals surface area (Å²) in [5.74, 6) is 0.210. The van der Waals surface area contributed by atoms with Gasteiger partial charge in [0.05, 0.1) is 11.4 Å². The smallest absolute Gasteiger partial charge is 0.222 e. The first kappa shape index (κ1) is 19.7. The third-order valence-corrected chi connectivity index (χ3v) is 5.03. The minimum Gasteiger partial charge on any atom is -0.737 e. The molecule has 3 aromatic rings. The lowest BCUT2D eigenvalue weighted by atomic mass is 10.1. The molecule has 1 amide bonds. The van der Waals surface area contributed by atoms with Crippen molar-refractivity contribution in [1.29, 1.82) is 0 Å². The zero-order valence-electron chi connectivity index (χ0n) is 16.9. The fraction of sp³-hybridized carbons (Fsp3) is 0.227. The molecule has 0 atom stereocenters. The van der Waals surface area contributed by atoms with Gasteiger partial charge in [0.25, 0.3) is 0 Å². The SMILES string of the molecule is CC1=CN(CCC(=O)NCc2cccnc2)N([O-])c2nn(-c3ccccc3)c(C)c21. The van der Waals surface area contributed by atoms with Crippen LogP contribution in [0.2, 0.25) is 0 Å². The first-order valence-corrected chi connectivity index (χ1v) is 9.78. The average molecular weight is 403 g/mol. The van der Waals surface area contributed by atoms with Crippen molar-refractivity contribution in [3.63, 3.8) is 0 Å². The highest BCUT2D eigenvalue weighted by atomic mass is 16.6. The first-order valence-electron chi connectivity index (χ1n) is 9.78. The van der Waals surface area contributed by atoms with Crippen molar-refractivity contribution < 1.29 is 4.79 Å². The summed E-state index contributed by atoms with van der Waals surface area (Å²) in [6.45, 7) is 4.57. The molecule has 4 rings (SSSR count). The number of carbonyl (C=O) groups is 1. The number of amides is 1. The highest BCUT2D eigenvalue weighted by Crippen LogP contribution is 2.35. The molecule has 0 fully saturated rings. The molecular weight excluding hydrogens is 380 g/mol. The van der Waals surface area contributed by atoms with E-state index in [0.717, 1.165) is 33.3 Å². The van der Waals surface area contributed by atoms with Gasteiger partial charge in [0.2, 0.25) is 5.91 Å².